The lowest BCUT2D eigenvalue weighted by molar-refractivity contribution is 0.102. The van der Waals surface area contributed by atoms with Crippen LogP contribution in [0.4, 0.5) is 0 Å². The number of carbonyl (C=O) groups excluding carboxylic acids is 1. The summed E-state index contributed by atoms with van der Waals surface area (Å²) in [6, 6.07) is 5.41. The number of methoxy groups -OCH3 is 1. The van der Waals surface area contributed by atoms with Gasteiger partial charge in [-0.3, -0.25) is 9.48 Å². The Bertz CT molecular complexity index is 620. The molecule has 100 valence electrons. The van der Waals surface area contributed by atoms with E-state index in [-0.39, 0.29) is 5.78 Å². The fraction of sp³-hybridized carbons (Fsp3) is 0.286. The Hall–Kier alpha value is -1.62. The Labute approximate surface area is 120 Å². The molecule has 1 heterocycles. The van der Waals surface area contributed by atoms with Crippen molar-refractivity contribution in [3.63, 3.8) is 0 Å². The quantitative estimate of drug-likeness (QED) is 0.812. The van der Waals surface area contributed by atoms with Gasteiger partial charge < -0.3 is 4.74 Å². The first-order valence-corrected chi connectivity index (χ1v) is 6.78. The molecule has 0 aliphatic heterocycles. The van der Waals surface area contributed by atoms with Crippen LogP contribution in [-0.4, -0.2) is 22.7 Å². The third kappa shape index (κ3) is 2.56. The van der Waals surface area contributed by atoms with Crippen molar-refractivity contribution in [1.29, 1.82) is 0 Å². The van der Waals surface area contributed by atoms with Crippen molar-refractivity contribution in [3.8, 4) is 5.75 Å². The first-order valence-electron chi connectivity index (χ1n) is 5.99. The van der Waals surface area contributed by atoms with Crippen LogP contribution in [-0.2, 0) is 6.54 Å². The normalized spacial score (nSPS) is 10.5. The molecule has 0 aliphatic rings. The molecule has 1 aromatic carbocycles. The summed E-state index contributed by atoms with van der Waals surface area (Å²) in [4.78, 5) is 12.5. The zero-order chi connectivity index (χ0) is 14.0. The zero-order valence-electron chi connectivity index (χ0n) is 11.1. The van der Waals surface area contributed by atoms with E-state index in [0.29, 0.717) is 22.3 Å². The highest BCUT2D eigenvalue weighted by atomic mass is 79.9. The highest BCUT2D eigenvalue weighted by molar-refractivity contribution is 9.10. The lowest BCUT2D eigenvalue weighted by Crippen LogP contribution is -2.11. The molecule has 0 amide bonds. The molecule has 5 heteroatoms. The topological polar surface area (TPSA) is 44.1 Å². The second-order valence-corrected chi connectivity index (χ2v) is 5.02. The number of aryl methyl sites for hydroxylation is 2. The zero-order valence-corrected chi connectivity index (χ0v) is 12.7. The first kappa shape index (κ1) is 13.8. The summed E-state index contributed by atoms with van der Waals surface area (Å²) in [6.07, 6.45) is 1.65. The molecule has 0 saturated carbocycles. The number of hydrogen-bond acceptors (Lipinski definition) is 3. The lowest BCUT2D eigenvalue weighted by Gasteiger charge is -2.08. The Morgan fingerprint density at radius 1 is 1.47 bits per heavy atom. The van der Waals surface area contributed by atoms with E-state index in [9.17, 15) is 4.79 Å². The average Bonchev–Trinajstić information content (AvgIpc) is 2.78. The van der Waals surface area contributed by atoms with Gasteiger partial charge in [0, 0.05) is 12.1 Å². The van der Waals surface area contributed by atoms with Gasteiger partial charge in [0.15, 0.2) is 0 Å². The molecule has 0 atom stereocenters. The smallest absolute Gasteiger partial charge is 0.212 e. The van der Waals surface area contributed by atoms with Crippen LogP contribution < -0.4 is 4.74 Å². The monoisotopic (exact) mass is 322 g/mol. The molecule has 0 unspecified atom stereocenters. The third-order valence-corrected chi connectivity index (χ3v) is 3.55. The van der Waals surface area contributed by atoms with Crippen molar-refractivity contribution >= 4 is 21.7 Å². The second kappa shape index (κ2) is 5.57. The molecule has 19 heavy (non-hydrogen) atoms. The number of benzene rings is 1. The van der Waals surface area contributed by atoms with Gasteiger partial charge in [-0.05, 0) is 53.5 Å². The van der Waals surface area contributed by atoms with Crippen LogP contribution in [0.15, 0.2) is 28.9 Å². The molecule has 4 nitrogen and oxygen atoms in total. The number of halogens is 1. The van der Waals surface area contributed by atoms with Crippen molar-refractivity contribution in [2.75, 3.05) is 7.11 Å². The van der Waals surface area contributed by atoms with Crippen LogP contribution in [0.2, 0.25) is 0 Å². The first-order chi connectivity index (χ1) is 9.08. The van der Waals surface area contributed by atoms with Gasteiger partial charge in [0.25, 0.3) is 0 Å². The van der Waals surface area contributed by atoms with Crippen molar-refractivity contribution in [2.45, 2.75) is 20.4 Å². The number of ketones is 1. The minimum Gasteiger partial charge on any atom is -0.496 e. The molecule has 0 fully saturated rings. The van der Waals surface area contributed by atoms with Gasteiger partial charge in [0.2, 0.25) is 5.78 Å². The number of hydrogen-bond donors (Lipinski definition) is 0. The maximum Gasteiger partial charge on any atom is 0.212 e. The minimum absolute atomic E-state index is 0.0445. The summed E-state index contributed by atoms with van der Waals surface area (Å²) < 4.78 is 7.60. The van der Waals surface area contributed by atoms with E-state index in [1.165, 1.54) is 0 Å². The molecule has 2 rings (SSSR count). The Balaban J connectivity index is 2.44. The molecule has 1 aromatic heterocycles. The fourth-order valence-corrected chi connectivity index (χ4v) is 2.46. The SMILES string of the molecule is CCn1ncc(Br)c1C(=O)c1ccc(OC)c(C)c1. The van der Waals surface area contributed by atoms with Crippen molar-refractivity contribution in [3.05, 3.63) is 45.7 Å². The summed E-state index contributed by atoms with van der Waals surface area (Å²) in [6.45, 7) is 4.53. The second-order valence-electron chi connectivity index (χ2n) is 4.17. The summed E-state index contributed by atoms with van der Waals surface area (Å²) >= 11 is 3.37. The summed E-state index contributed by atoms with van der Waals surface area (Å²) in [5.41, 5.74) is 2.15. The maximum atomic E-state index is 12.5. The van der Waals surface area contributed by atoms with E-state index in [0.717, 1.165) is 11.3 Å². The largest absolute Gasteiger partial charge is 0.496 e. The molecule has 0 saturated heterocycles. The van der Waals surface area contributed by atoms with Gasteiger partial charge in [-0.25, -0.2) is 0 Å². The van der Waals surface area contributed by atoms with Gasteiger partial charge in [0.1, 0.15) is 11.4 Å². The van der Waals surface area contributed by atoms with Crippen LogP contribution in [0.5, 0.6) is 5.75 Å². The minimum atomic E-state index is -0.0445. The highest BCUT2D eigenvalue weighted by Crippen LogP contribution is 2.23. The van der Waals surface area contributed by atoms with Crippen LogP contribution in [0.1, 0.15) is 28.5 Å². The van der Waals surface area contributed by atoms with Gasteiger partial charge >= 0.3 is 0 Å². The average molecular weight is 323 g/mol. The van der Waals surface area contributed by atoms with Gasteiger partial charge in [-0.15, -0.1) is 0 Å². The van der Waals surface area contributed by atoms with Crippen LogP contribution in [0.25, 0.3) is 0 Å². The molecule has 2 aromatic rings. The van der Waals surface area contributed by atoms with E-state index in [2.05, 4.69) is 21.0 Å². The van der Waals surface area contributed by atoms with E-state index in [1.54, 1.807) is 24.1 Å². The lowest BCUT2D eigenvalue weighted by atomic mass is 10.0. The van der Waals surface area contributed by atoms with E-state index in [4.69, 9.17) is 4.74 Å². The molecule has 0 aliphatic carbocycles. The van der Waals surface area contributed by atoms with E-state index in [1.807, 2.05) is 26.0 Å². The summed E-state index contributed by atoms with van der Waals surface area (Å²) in [5.74, 6) is 0.733. The maximum absolute atomic E-state index is 12.5. The number of ether oxygens (including phenoxy) is 1. The Morgan fingerprint density at radius 2 is 2.21 bits per heavy atom. The molecular formula is C14H15BrN2O2. The fourth-order valence-electron chi connectivity index (χ4n) is 1.98. The molecule has 0 bridgehead atoms. The van der Waals surface area contributed by atoms with Crippen molar-refractivity contribution < 1.29 is 9.53 Å². The van der Waals surface area contributed by atoms with Gasteiger partial charge in [0.05, 0.1) is 17.8 Å². The summed E-state index contributed by atoms with van der Waals surface area (Å²) in [7, 11) is 1.62. The van der Waals surface area contributed by atoms with Crippen molar-refractivity contribution in [1.82, 2.24) is 9.78 Å². The third-order valence-electron chi connectivity index (χ3n) is 2.97. The predicted molar refractivity (Wildman–Crippen MR) is 76.8 cm³/mol. The highest BCUT2D eigenvalue weighted by Gasteiger charge is 2.18. The van der Waals surface area contributed by atoms with Crippen molar-refractivity contribution in [2.24, 2.45) is 0 Å². The molecular weight excluding hydrogens is 308 g/mol. The Kier molecular flexibility index (Phi) is 4.04. The summed E-state index contributed by atoms with van der Waals surface area (Å²) in [5, 5.41) is 4.16. The standard InChI is InChI=1S/C14H15BrN2O2/c1-4-17-13(11(15)8-16-17)14(18)10-5-6-12(19-3)9(2)7-10/h5-8H,4H2,1-3H3. The molecule has 0 radical (unpaired) electrons. The van der Waals surface area contributed by atoms with Gasteiger partial charge in [-0.2, -0.15) is 5.10 Å². The Morgan fingerprint density at radius 3 is 2.79 bits per heavy atom. The van der Waals surface area contributed by atoms with E-state index >= 15 is 0 Å². The molecule has 0 N–H and O–H groups in total. The number of nitrogens with zero attached hydrogens (tertiary/aromatic N) is 2. The van der Waals surface area contributed by atoms with E-state index < -0.39 is 0 Å². The van der Waals surface area contributed by atoms with Crippen LogP contribution >= 0.6 is 15.9 Å². The van der Waals surface area contributed by atoms with Crippen LogP contribution in [0, 0.1) is 6.92 Å². The predicted octanol–water partition coefficient (Wildman–Crippen LogP) is 3.21. The number of carbonyl (C=O) groups is 1. The number of aromatic nitrogens is 2. The number of rotatable bonds is 4. The molecule has 0 spiro atoms. The van der Waals surface area contributed by atoms with Crippen LogP contribution in [0.3, 0.4) is 0 Å². The van der Waals surface area contributed by atoms with Gasteiger partial charge in [-0.1, -0.05) is 0 Å².